The van der Waals surface area contributed by atoms with Crippen LogP contribution in [0.15, 0.2) is 22.7 Å². The van der Waals surface area contributed by atoms with E-state index in [1.165, 1.54) is 6.07 Å². The maximum absolute atomic E-state index is 14.0. The number of ether oxygens (including phenoxy) is 1. The lowest BCUT2D eigenvalue weighted by atomic mass is 9.97. The molecule has 1 aliphatic heterocycles. The summed E-state index contributed by atoms with van der Waals surface area (Å²) < 4.78 is 20.6. The zero-order chi connectivity index (χ0) is 13.1. The van der Waals surface area contributed by atoms with E-state index in [4.69, 9.17) is 10.5 Å². The maximum atomic E-state index is 14.0. The number of morpholine rings is 1. The van der Waals surface area contributed by atoms with E-state index >= 15 is 0 Å². The third kappa shape index (κ3) is 2.74. The molecule has 0 radical (unpaired) electrons. The van der Waals surface area contributed by atoms with Gasteiger partial charge in [0.2, 0.25) is 0 Å². The molecular weight excluding hydrogens is 299 g/mol. The number of nitrogens with two attached hydrogens (primary N) is 1. The van der Waals surface area contributed by atoms with Crippen LogP contribution in [0.4, 0.5) is 4.39 Å². The molecular formula is C13H18BrFN2O. The number of nitrogens with zero attached hydrogens (tertiary/aromatic N) is 1. The van der Waals surface area contributed by atoms with Crippen molar-refractivity contribution in [2.75, 3.05) is 26.2 Å². The van der Waals surface area contributed by atoms with Crippen molar-refractivity contribution in [1.29, 1.82) is 0 Å². The first-order chi connectivity index (χ1) is 8.67. The van der Waals surface area contributed by atoms with E-state index in [9.17, 15) is 4.39 Å². The van der Waals surface area contributed by atoms with Gasteiger partial charge in [-0.3, -0.25) is 4.90 Å². The van der Waals surface area contributed by atoms with Gasteiger partial charge >= 0.3 is 0 Å². The van der Waals surface area contributed by atoms with Crippen molar-refractivity contribution in [3.63, 3.8) is 0 Å². The van der Waals surface area contributed by atoms with Crippen molar-refractivity contribution in [2.24, 2.45) is 5.73 Å². The zero-order valence-corrected chi connectivity index (χ0v) is 12.0. The predicted octanol–water partition coefficient (Wildman–Crippen LogP) is 2.31. The molecule has 0 amide bonds. The van der Waals surface area contributed by atoms with Gasteiger partial charge in [0.25, 0.3) is 0 Å². The summed E-state index contributed by atoms with van der Waals surface area (Å²) in [4.78, 5) is 2.21. The molecule has 1 aromatic rings. The number of likely N-dealkylation sites (N-methyl/N-ethyl adjacent to an activating group) is 1. The highest BCUT2D eigenvalue weighted by Crippen LogP contribution is 2.32. The van der Waals surface area contributed by atoms with Gasteiger partial charge in [0.05, 0.1) is 18.8 Å². The van der Waals surface area contributed by atoms with E-state index in [1.807, 2.05) is 6.07 Å². The van der Waals surface area contributed by atoms with Crippen LogP contribution in [0.25, 0.3) is 0 Å². The first kappa shape index (κ1) is 13.9. The average Bonchev–Trinajstić information content (AvgIpc) is 2.40. The van der Waals surface area contributed by atoms with Crippen LogP contribution in [0.5, 0.6) is 0 Å². The largest absolute Gasteiger partial charge is 0.374 e. The quantitative estimate of drug-likeness (QED) is 0.930. The van der Waals surface area contributed by atoms with Crippen LogP contribution in [-0.4, -0.2) is 37.2 Å². The van der Waals surface area contributed by atoms with Gasteiger partial charge in [0, 0.05) is 23.1 Å². The number of hydrogen-bond acceptors (Lipinski definition) is 3. The summed E-state index contributed by atoms with van der Waals surface area (Å²) in [5.74, 6) is -0.203. The number of rotatable bonds is 3. The monoisotopic (exact) mass is 316 g/mol. The fourth-order valence-corrected chi connectivity index (χ4v) is 2.86. The minimum Gasteiger partial charge on any atom is -0.374 e. The Morgan fingerprint density at radius 2 is 2.33 bits per heavy atom. The molecule has 2 rings (SSSR count). The summed E-state index contributed by atoms with van der Waals surface area (Å²) in [7, 11) is 0. The van der Waals surface area contributed by atoms with Crippen molar-refractivity contribution in [2.45, 2.75) is 19.1 Å². The Hall–Kier alpha value is -0.490. The normalized spacial score (nSPS) is 25.3. The van der Waals surface area contributed by atoms with Crippen LogP contribution in [0.1, 0.15) is 18.5 Å². The molecule has 1 saturated heterocycles. The molecule has 2 unspecified atom stereocenters. The molecule has 0 aromatic heterocycles. The Morgan fingerprint density at radius 1 is 1.56 bits per heavy atom. The molecule has 1 fully saturated rings. The number of halogens is 2. The molecule has 0 spiro atoms. The highest BCUT2D eigenvalue weighted by atomic mass is 79.9. The molecule has 1 heterocycles. The summed E-state index contributed by atoms with van der Waals surface area (Å²) in [6.07, 6.45) is -0.150. The average molecular weight is 317 g/mol. The lowest BCUT2D eigenvalue weighted by Crippen LogP contribution is -2.48. The van der Waals surface area contributed by atoms with Gasteiger partial charge in [0.1, 0.15) is 5.82 Å². The Kier molecular flexibility index (Phi) is 4.72. The fraction of sp³-hybridized carbons (Fsp3) is 0.538. The van der Waals surface area contributed by atoms with Crippen molar-refractivity contribution in [3.05, 3.63) is 34.1 Å². The Bertz CT molecular complexity index is 404. The van der Waals surface area contributed by atoms with Gasteiger partial charge in [-0.2, -0.15) is 0 Å². The standard InChI is InChI=1S/C13H18BrFN2O/c1-2-17-5-6-18-12(8-16)13(17)10-7-9(14)3-4-11(10)15/h3-4,7,12-13H,2,5-6,8,16H2,1H3. The van der Waals surface area contributed by atoms with Crippen LogP contribution in [0, 0.1) is 5.82 Å². The third-order valence-electron chi connectivity index (χ3n) is 3.37. The van der Waals surface area contributed by atoms with Crippen LogP contribution in [-0.2, 0) is 4.74 Å². The summed E-state index contributed by atoms with van der Waals surface area (Å²) in [6.45, 7) is 4.79. The smallest absolute Gasteiger partial charge is 0.128 e. The first-order valence-electron chi connectivity index (χ1n) is 6.18. The number of benzene rings is 1. The second-order valence-corrected chi connectivity index (χ2v) is 5.30. The van der Waals surface area contributed by atoms with E-state index in [2.05, 4.69) is 27.8 Å². The molecule has 0 aliphatic carbocycles. The van der Waals surface area contributed by atoms with E-state index in [-0.39, 0.29) is 18.0 Å². The Morgan fingerprint density at radius 3 is 3.00 bits per heavy atom. The molecule has 18 heavy (non-hydrogen) atoms. The molecule has 1 aromatic carbocycles. The van der Waals surface area contributed by atoms with Crippen LogP contribution in [0.3, 0.4) is 0 Å². The van der Waals surface area contributed by atoms with Crippen LogP contribution < -0.4 is 5.73 Å². The van der Waals surface area contributed by atoms with Gasteiger partial charge in [-0.15, -0.1) is 0 Å². The topological polar surface area (TPSA) is 38.5 Å². The van der Waals surface area contributed by atoms with Gasteiger partial charge in [-0.25, -0.2) is 4.39 Å². The predicted molar refractivity (Wildman–Crippen MR) is 72.9 cm³/mol. The van der Waals surface area contributed by atoms with E-state index < -0.39 is 0 Å². The summed E-state index contributed by atoms with van der Waals surface area (Å²) in [5.41, 5.74) is 6.40. The molecule has 0 bridgehead atoms. The van der Waals surface area contributed by atoms with E-state index in [1.54, 1.807) is 6.07 Å². The maximum Gasteiger partial charge on any atom is 0.128 e. The second kappa shape index (κ2) is 6.10. The van der Waals surface area contributed by atoms with Crippen molar-refractivity contribution >= 4 is 15.9 Å². The van der Waals surface area contributed by atoms with Gasteiger partial charge in [-0.1, -0.05) is 22.9 Å². The molecule has 2 atom stereocenters. The van der Waals surface area contributed by atoms with Gasteiger partial charge < -0.3 is 10.5 Å². The number of hydrogen-bond donors (Lipinski definition) is 1. The summed E-state index contributed by atoms with van der Waals surface area (Å²) >= 11 is 3.39. The lowest BCUT2D eigenvalue weighted by molar-refractivity contribution is -0.0668. The minimum atomic E-state index is -0.203. The SMILES string of the molecule is CCN1CCOC(CN)C1c1cc(Br)ccc1F. The first-order valence-corrected chi connectivity index (χ1v) is 6.97. The zero-order valence-electron chi connectivity index (χ0n) is 10.4. The fourth-order valence-electron chi connectivity index (χ4n) is 2.48. The second-order valence-electron chi connectivity index (χ2n) is 4.38. The third-order valence-corrected chi connectivity index (χ3v) is 3.86. The molecule has 1 aliphatic rings. The Labute approximate surface area is 115 Å². The molecule has 3 nitrogen and oxygen atoms in total. The van der Waals surface area contributed by atoms with Crippen molar-refractivity contribution < 1.29 is 9.13 Å². The highest BCUT2D eigenvalue weighted by molar-refractivity contribution is 9.10. The summed E-state index contributed by atoms with van der Waals surface area (Å²) in [6, 6.07) is 4.90. The van der Waals surface area contributed by atoms with Crippen molar-refractivity contribution in [1.82, 2.24) is 4.90 Å². The minimum absolute atomic E-state index is 0.105. The highest BCUT2D eigenvalue weighted by Gasteiger charge is 2.33. The lowest BCUT2D eigenvalue weighted by Gasteiger charge is -2.40. The van der Waals surface area contributed by atoms with Gasteiger partial charge in [-0.05, 0) is 24.7 Å². The molecule has 5 heteroatoms. The van der Waals surface area contributed by atoms with Gasteiger partial charge in [0.15, 0.2) is 0 Å². The molecule has 2 N–H and O–H groups in total. The molecule has 100 valence electrons. The summed E-state index contributed by atoms with van der Waals surface area (Å²) in [5, 5.41) is 0. The van der Waals surface area contributed by atoms with Crippen LogP contribution in [0.2, 0.25) is 0 Å². The van der Waals surface area contributed by atoms with Crippen LogP contribution >= 0.6 is 15.9 Å². The van der Waals surface area contributed by atoms with Crippen molar-refractivity contribution in [3.8, 4) is 0 Å². The Balaban J connectivity index is 2.38. The van der Waals surface area contributed by atoms with E-state index in [0.717, 1.165) is 17.6 Å². The molecule has 0 saturated carbocycles. The van der Waals surface area contributed by atoms with E-state index in [0.29, 0.717) is 18.7 Å².